The zero-order valence-electron chi connectivity index (χ0n) is 30.3. The van der Waals surface area contributed by atoms with Gasteiger partial charge >= 0.3 is 0 Å². The van der Waals surface area contributed by atoms with Crippen molar-refractivity contribution >= 4 is 54.1 Å². The van der Waals surface area contributed by atoms with Crippen molar-refractivity contribution in [1.29, 1.82) is 0 Å². The molecule has 0 aliphatic rings. The first-order chi connectivity index (χ1) is 25.9. The zero-order chi connectivity index (χ0) is 35.7. The highest BCUT2D eigenvalue weighted by Crippen LogP contribution is 2.45. The minimum atomic E-state index is 0.0264. The van der Waals surface area contributed by atoms with Crippen LogP contribution < -0.4 is 0 Å². The van der Waals surface area contributed by atoms with E-state index in [4.69, 9.17) is 0 Å². The summed E-state index contributed by atoms with van der Waals surface area (Å²) >= 11 is 0. The Hall–Kier alpha value is -6.44. The van der Waals surface area contributed by atoms with E-state index in [0.29, 0.717) is 0 Å². The molecule has 0 radical (unpaired) electrons. The molecule has 1 heteroatoms. The van der Waals surface area contributed by atoms with Crippen molar-refractivity contribution in [3.8, 4) is 39.1 Å². The molecule has 0 spiro atoms. The average Bonchev–Trinajstić information content (AvgIpc) is 3.53. The van der Waals surface area contributed by atoms with Gasteiger partial charge in [0.1, 0.15) is 0 Å². The molecule has 1 nitrogen and oxygen atoms in total. The van der Waals surface area contributed by atoms with Gasteiger partial charge in [-0.3, -0.25) is 0 Å². The van der Waals surface area contributed by atoms with Gasteiger partial charge in [0.25, 0.3) is 0 Å². The molecule has 10 rings (SSSR count). The molecule has 0 saturated heterocycles. The fourth-order valence-electron chi connectivity index (χ4n) is 8.45. The number of rotatable bonds is 4. The molecule has 0 fully saturated rings. The van der Waals surface area contributed by atoms with Gasteiger partial charge in [-0.15, -0.1) is 0 Å². The normalized spacial score (nSPS) is 12.1. The molecule has 0 saturated carbocycles. The van der Waals surface area contributed by atoms with Gasteiger partial charge in [-0.2, -0.15) is 0 Å². The van der Waals surface area contributed by atoms with Crippen LogP contribution in [0, 0.1) is 0 Å². The second kappa shape index (κ2) is 12.1. The van der Waals surface area contributed by atoms with E-state index < -0.39 is 0 Å². The minimum absolute atomic E-state index is 0.0264. The number of nitrogens with zero attached hydrogens (tertiary/aromatic N) is 1. The van der Waals surface area contributed by atoms with Gasteiger partial charge in [-0.1, -0.05) is 160 Å². The Kier molecular flexibility index (Phi) is 7.13. The molecule has 0 aliphatic carbocycles. The Morgan fingerprint density at radius 1 is 0.340 bits per heavy atom. The van der Waals surface area contributed by atoms with Crippen molar-refractivity contribution in [3.05, 3.63) is 188 Å². The largest absolute Gasteiger partial charge is 0.309 e. The van der Waals surface area contributed by atoms with Crippen LogP contribution in [0.25, 0.3) is 93.2 Å². The van der Waals surface area contributed by atoms with Crippen molar-refractivity contribution in [3.63, 3.8) is 0 Å². The van der Waals surface area contributed by atoms with Crippen LogP contribution in [0.2, 0.25) is 0 Å². The van der Waals surface area contributed by atoms with Crippen LogP contribution in [0.3, 0.4) is 0 Å². The first kappa shape index (κ1) is 31.3. The molecular weight excluding hydrogens is 639 g/mol. The van der Waals surface area contributed by atoms with Gasteiger partial charge in [0.15, 0.2) is 0 Å². The third-order valence-corrected chi connectivity index (χ3v) is 11.1. The summed E-state index contributed by atoms with van der Waals surface area (Å²) in [5.74, 6) is 0. The van der Waals surface area contributed by atoms with Crippen molar-refractivity contribution < 1.29 is 0 Å². The summed E-state index contributed by atoms with van der Waals surface area (Å²) < 4.78 is 2.42. The molecule has 0 aliphatic heterocycles. The lowest BCUT2D eigenvalue weighted by Gasteiger charge is -2.23. The molecule has 1 aromatic heterocycles. The molecule has 252 valence electrons. The summed E-state index contributed by atoms with van der Waals surface area (Å²) in [5, 5.41) is 10.2. The number of hydrogen-bond donors (Lipinski definition) is 0. The molecule has 1 heterocycles. The van der Waals surface area contributed by atoms with Crippen LogP contribution in [-0.4, -0.2) is 4.57 Å². The fourth-order valence-corrected chi connectivity index (χ4v) is 8.45. The molecule has 9 aromatic carbocycles. The van der Waals surface area contributed by atoms with Gasteiger partial charge in [-0.05, 0) is 119 Å². The summed E-state index contributed by atoms with van der Waals surface area (Å²) in [6, 6.07) is 67.3. The number of hydrogen-bond acceptors (Lipinski definition) is 0. The smallest absolute Gasteiger partial charge is 0.0541 e. The van der Waals surface area contributed by atoms with Gasteiger partial charge in [0, 0.05) is 16.5 Å². The molecule has 0 N–H and O–H groups in total. The van der Waals surface area contributed by atoms with Crippen LogP contribution in [0.4, 0.5) is 0 Å². The van der Waals surface area contributed by atoms with Crippen LogP contribution in [0.1, 0.15) is 26.3 Å². The molecule has 0 amide bonds. The van der Waals surface area contributed by atoms with Gasteiger partial charge in [-0.25, -0.2) is 0 Å². The van der Waals surface area contributed by atoms with Crippen molar-refractivity contribution in [2.75, 3.05) is 0 Å². The van der Waals surface area contributed by atoms with E-state index in [1.165, 1.54) is 93.1 Å². The maximum absolute atomic E-state index is 2.44. The average molecular weight is 678 g/mol. The maximum Gasteiger partial charge on any atom is 0.0541 e. The Morgan fingerprint density at radius 2 is 0.887 bits per heavy atom. The molecule has 0 bridgehead atoms. The standard InChI is InChI=1S/C52H39N/c1-52(2,3)40-26-29-45-47(33-40)51(44-19-10-9-18-43(44)50(45)35-14-5-4-6-15-35)36-23-27-41(28-24-36)53-48-20-12-11-17-42(48)46-32-39(25-30-49(46)53)38-22-21-34-13-7-8-16-37(34)31-38/h4-33H,1-3H3. The minimum Gasteiger partial charge on any atom is -0.309 e. The van der Waals surface area contributed by atoms with Crippen LogP contribution in [0.5, 0.6) is 0 Å². The quantitative estimate of drug-likeness (QED) is 0.163. The monoisotopic (exact) mass is 677 g/mol. The summed E-state index contributed by atoms with van der Waals surface area (Å²) in [6.07, 6.45) is 0. The highest BCUT2D eigenvalue weighted by molar-refractivity contribution is 6.21. The number of aromatic nitrogens is 1. The van der Waals surface area contributed by atoms with Crippen LogP contribution >= 0.6 is 0 Å². The summed E-state index contributed by atoms with van der Waals surface area (Å²) in [6.45, 7) is 6.91. The van der Waals surface area contributed by atoms with Gasteiger partial charge < -0.3 is 4.57 Å². The van der Waals surface area contributed by atoms with E-state index in [1.807, 2.05) is 0 Å². The van der Waals surface area contributed by atoms with E-state index in [1.54, 1.807) is 0 Å². The zero-order valence-corrected chi connectivity index (χ0v) is 30.3. The Labute approximate surface area is 310 Å². The predicted molar refractivity (Wildman–Crippen MR) is 228 cm³/mol. The summed E-state index contributed by atoms with van der Waals surface area (Å²) in [7, 11) is 0. The lowest BCUT2D eigenvalue weighted by Crippen LogP contribution is -2.10. The third kappa shape index (κ3) is 5.15. The van der Waals surface area contributed by atoms with Crippen molar-refractivity contribution in [2.24, 2.45) is 0 Å². The van der Waals surface area contributed by atoms with E-state index in [0.717, 1.165) is 5.69 Å². The van der Waals surface area contributed by atoms with Crippen molar-refractivity contribution in [1.82, 2.24) is 4.57 Å². The molecule has 10 aromatic rings. The molecular formula is C52H39N. The van der Waals surface area contributed by atoms with E-state index >= 15 is 0 Å². The Balaban J connectivity index is 1.16. The van der Waals surface area contributed by atoms with Gasteiger partial charge in [0.2, 0.25) is 0 Å². The Morgan fingerprint density at radius 3 is 1.64 bits per heavy atom. The highest BCUT2D eigenvalue weighted by atomic mass is 15.0. The molecule has 53 heavy (non-hydrogen) atoms. The topological polar surface area (TPSA) is 4.93 Å². The van der Waals surface area contributed by atoms with Crippen LogP contribution in [0.15, 0.2) is 182 Å². The Bertz CT molecular complexity index is 3010. The molecule has 0 unspecified atom stereocenters. The van der Waals surface area contributed by atoms with E-state index in [9.17, 15) is 0 Å². The second-order valence-electron chi connectivity index (χ2n) is 15.4. The number of fused-ring (bicyclic) bond motifs is 6. The van der Waals surface area contributed by atoms with E-state index in [-0.39, 0.29) is 5.41 Å². The first-order valence-corrected chi connectivity index (χ1v) is 18.6. The summed E-state index contributed by atoms with van der Waals surface area (Å²) in [5.41, 5.74) is 12.5. The van der Waals surface area contributed by atoms with E-state index in [2.05, 4.69) is 207 Å². The molecule has 0 atom stereocenters. The maximum atomic E-state index is 2.44. The number of benzene rings is 9. The fraction of sp³-hybridized carbons (Fsp3) is 0.0769. The first-order valence-electron chi connectivity index (χ1n) is 18.6. The number of para-hydroxylation sites is 1. The van der Waals surface area contributed by atoms with Gasteiger partial charge in [0.05, 0.1) is 11.0 Å². The summed E-state index contributed by atoms with van der Waals surface area (Å²) in [4.78, 5) is 0. The third-order valence-electron chi connectivity index (χ3n) is 11.1. The van der Waals surface area contributed by atoms with Crippen LogP contribution in [-0.2, 0) is 5.41 Å². The lowest BCUT2D eigenvalue weighted by atomic mass is 9.81. The van der Waals surface area contributed by atoms with Crippen molar-refractivity contribution in [2.45, 2.75) is 26.2 Å². The highest BCUT2D eigenvalue weighted by Gasteiger charge is 2.21. The lowest BCUT2D eigenvalue weighted by molar-refractivity contribution is 0.591. The second-order valence-corrected chi connectivity index (χ2v) is 15.4. The SMILES string of the molecule is CC(C)(C)c1ccc2c(-c3ccccc3)c3ccccc3c(-c3ccc(-n4c5ccccc5c5cc(-c6ccc7ccccc7c6)ccc54)cc3)c2c1. The predicted octanol–water partition coefficient (Wildman–Crippen LogP) is 14.5.